The normalized spacial score (nSPS) is 14.4. The number of Topliss-reactive ketones (excluding diaryl/α,β-unsaturated/α-hetero) is 1. The van der Waals surface area contributed by atoms with Crippen molar-refractivity contribution in [1.29, 1.82) is 0 Å². The maximum atomic E-state index is 12.8. The molecule has 0 aliphatic heterocycles. The molecule has 10 nitrogen and oxygen atoms in total. The first kappa shape index (κ1) is 30.2. The van der Waals surface area contributed by atoms with Gasteiger partial charge in [0.25, 0.3) is 5.78 Å². The fourth-order valence-corrected chi connectivity index (χ4v) is 2.76. The lowest BCUT2D eigenvalue weighted by Gasteiger charge is -2.28. The van der Waals surface area contributed by atoms with Gasteiger partial charge < -0.3 is 25.8 Å². The number of carbonyl (C=O) groups excluding carboxylic acids is 4. The van der Waals surface area contributed by atoms with Gasteiger partial charge in [0.2, 0.25) is 18.2 Å². The van der Waals surface area contributed by atoms with Crippen LogP contribution < -0.4 is 16.0 Å². The first-order valence-corrected chi connectivity index (χ1v) is 10.6. The summed E-state index contributed by atoms with van der Waals surface area (Å²) >= 11 is 0. The summed E-state index contributed by atoms with van der Waals surface area (Å²) in [5, 5.41) is 15.7. The van der Waals surface area contributed by atoms with Crippen LogP contribution in [0.4, 0.5) is 13.6 Å². The van der Waals surface area contributed by atoms with Crippen LogP contribution in [0.1, 0.15) is 61.3 Å². The van der Waals surface area contributed by atoms with Crippen molar-refractivity contribution in [3.05, 3.63) is 0 Å². The largest absolute Gasteiger partial charge is 0.475 e. The molecule has 0 unspecified atom stereocenters. The molecule has 0 rings (SSSR count). The zero-order valence-electron chi connectivity index (χ0n) is 20.0. The number of carboxylic acids is 1. The van der Waals surface area contributed by atoms with Crippen LogP contribution in [0, 0.1) is 11.8 Å². The Kier molecular flexibility index (Phi) is 11.9. The van der Waals surface area contributed by atoms with Gasteiger partial charge in [0, 0.05) is 6.42 Å². The van der Waals surface area contributed by atoms with Crippen molar-refractivity contribution < 1.29 is 42.6 Å². The number of ketones is 1. The predicted molar refractivity (Wildman–Crippen MR) is 115 cm³/mol. The van der Waals surface area contributed by atoms with E-state index in [-0.39, 0.29) is 12.3 Å². The number of aliphatic carboxylic acids is 1. The van der Waals surface area contributed by atoms with Gasteiger partial charge >= 0.3 is 12.1 Å². The van der Waals surface area contributed by atoms with Crippen LogP contribution in [-0.2, 0) is 23.9 Å². The van der Waals surface area contributed by atoms with Gasteiger partial charge in [-0.1, -0.05) is 27.7 Å². The van der Waals surface area contributed by atoms with Crippen molar-refractivity contribution in [2.45, 2.75) is 91.5 Å². The molecule has 0 bridgehead atoms. The predicted octanol–water partition coefficient (Wildman–Crippen LogP) is 1.86. The Morgan fingerprint density at radius 3 is 1.76 bits per heavy atom. The number of ether oxygens (including phenoxy) is 1. The number of nitrogens with one attached hydrogen (secondary N) is 3. The average Bonchev–Trinajstić information content (AvgIpc) is 2.61. The van der Waals surface area contributed by atoms with Crippen LogP contribution in [0.5, 0.6) is 0 Å². The lowest BCUT2D eigenvalue weighted by molar-refractivity contribution is -0.151. The Morgan fingerprint density at radius 1 is 0.848 bits per heavy atom. The molecule has 3 atom stereocenters. The summed E-state index contributed by atoms with van der Waals surface area (Å²) in [5.74, 6) is -5.82. The van der Waals surface area contributed by atoms with Crippen molar-refractivity contribution in [2.75, 3.05) is 0 Å². The number of hydrogen-bond donors (Lipinski definition) is 4. The Labute approximate surface area is 192 Å². The molecule has 0 saturated heterocycles. The number of alkyl halides is 2. The van der Waals surface area contributed by atoms with Gasteiger partial charge in [0.15, 0.2) is 0 Å². The van der Waals surface area contributed by atoms with Crippen LogP contribution in [-0.4, -0.2) is 64.9 Å². The summed E-state index contributed by atoms with van der Waals surface area (Å²) in [6, 6.07) is -4.30. The molecule has 0 aromatic rings. The maximum absolute atomic E-state index is 12.8. The lowest BCUT2D eigenvalue weighted by Crippen LogP contribution is -2.58. The Bertz CT molecular complexity index is 721. The van der Waals surface area contributed by atoms with Crippen molar-refractivity contribution in [3.63, 3.8) is 0 Å². The molecule has 0 saturated carbocycles. The van der Waals surface area contributed by atoms with Gasteiger partial charge in [-0.15, -0.1) is 0 Å². The van der Waals surface area contributed by atoms with E-state index in [4.69, 9.17) is 9.84 Å². The van der Waals surface area contributed by atoms with E-state index in [1.807, 2.05) is 5.32 Å². The number of carboxylic acid groups (broad SMARTS) is 1. The number of carbonyl (C=O) groups is 5. The first-order valence-electron chi connectivity index (χ1n) is 10.6. The molecular weight excluding hydrogens is 444 g/mol. The second kappa shape index (κ2) is 13.0. The van der Waals surface area contributed by atoms with Gasteiger partial charge in [-0.2, -0.15) is 0 Å². The number of halogens is 2. The Hall–Kier alpha value is -2.79. The second-order valence-corrected chi connectivity index (χ2v) is 9.42. The molecule has 0 heterocycles. The molecule has 33 heavy (non-hydrogen) atoms. The van der Waals surface area contributed by atoms with E-state index in [1.54, 1.807) is 48.5 Å². The molecule has 3 amide bonds. The summed E-state index contributed by atoms with van der Waals surface area (Å²) in [4.78, 5) is 60.3. The van der Waals surface area contributed by atoms with Crippen molar-refractivity contribution in [1.82, 2.24) is 16.0 Å². The van der Waals surface area contributed by atoms with E-state index >= 15 is 0 Å². The maximum Gasteiger partial charge on any atom is 0.408 e. The van der Waals surface area contributed by atoms with E-state index < -0.39 is 72.2 Å². The van der Waals surface area contributed by atoms with E-state index in [1.165, 1.54) is 0 Å². The average molecular weight is 480 g/mol. The van der Waals surface area contributed by atoms with Crippen molar-refractivity contribution >= 4 is 29.7 Å². The van der Waals surface area contributed by atoms with Gasteiger partial charge in [-0.05, 0) is 39.0 Å². The highest BCUT2D eigenvalue weighted by molar-refractivity contribution is 6.35. The van der Waals surface area contributed by atoms with E-state index in [9.17, 15) is 32.8 Å². The summed E-state index contributed by atoms with van der Waals surface area (Å²) in [5.41, 5.74) is -0.807. The topological polar surface area (TPSA) is 151 Å². The van der Waals surface area contributed by atoms with Crippen molar-refractivity contribution in [2.24, 2.45) is 11.8 Å². The third-order valence-electron chi connectivity index (χ3n) is 4.22. The summed E-state index contributed by atoms with van der Waals surface area (Å²) in [7, 11) is 0. The third-order valence-corrected chi connectivity index (χ3v) is 4.22. The fraction of sp³-hybridized carbons (Fsp3) is 0.762. The van der Waals surface area contributed by atoms with Gasteiger partial charge in [0.1, 0.15) is 23.7 Å². The summed E-state index contributed by atoms with van der Waals surface area (Å²) < 4.78 is 30.7. The standard InChI is InChI=1S/C21H35F2N3O7/c1-10(2)8-13(17(28)24-12(9-14(22)23)16(27)19(30)31)25-18(29)15(11(3)4)26-20(32)33-21(5,6)7/h10-15H,8-9H2,1-7H3,(H,24,28)(H,25,29)(H,26,32)(H,30,31)/t12-,13-,15-/m1/s1. The molecule has 0 spiro atoms. The number of rotatable bonds is 12. The van der Waals surface area contributed by atoms with Crippen LogP contribution in [0.25, 0.3) is 0 Å². The zero-order valence-corrected chi connectivity index (χ0v) is 20.0. The highest BCUT2D eigenvalue weighted by Crippen LogP contribution is 2.12. The smallest absolute Gasteiger partial charge is 0.408 e. The molecule has 12 heteroatoms. The van der Waals surface area contributed by atoms with Crippen LogP contribution in [0.3, 0.4) is 0 Å². The second-order valence-electron chi connectivity index (χ2n) is 9.42. The Balaban J connectivity index is 5.58. The number of hydrogen-bond acceptors (Lipinski definition) is 6. The zero-order chi connectivity index (χ0) is 26.1. The molecule has 4 N–H and O–H groups in total. The minimum Gasteiger partial charge on any atom is -0.475 e. The quantitative estimate of drug-likeness (QED) is 0.312. The first-order chi connectivity index (χ1) is 14.9. The van der Waals surface area contributed by atoms with E-state index in [2.05, 4.69) is 10.6 Å². The van der Waals surface area contributed by atoms with Gasteiger partial charge in [-0.3, -0.25) is 14.4 Å². The molecule has 0 aliphatic carbocycles. The minimum atomic E-state index is -3.04. The van der Waals surface area contributed by atoms with Crippen molar-refractivity contribution in [3.8, 4) is 0 Å². The molecular formula is C21H35F2N3O7. The van der Waals surface area contributed by atoms with Crippen LogP contribution >= 0.6 is 0 Å². The monoisotopic (exact) mass is 479 g/mol. The molecule has 0 aromatic heterocycles. The molecule has 0 radical (unpaired) electrons. The molecule has 0 fully saturated rings. The summed E-state index contributed by atoms with van der Waals surface area (Å²) in [6.07, 6.45) is -5.00. The van der Waals surface area contributed by atoms with Crippen LogP contribution in [0.15, 0.2) is 0 Å². The van der Waals surface area contributed by atoms with E-state index in [0.717, 1.165) is 0 Å². The van der Waals surface area contributed by atoms with E-state index in [0.29, 0.717) is 0 Å². The highest BCUT2D eigenvalue weighted by atomic mass is 19.3. The minimum absolute atomic E-state index is 0.0670. The van der Waals surface area contributed by atoms with Gasteiger partial charge in [0.05, 0.1) is 0 Å². The number of alkyl carbamates (subject to hydrolysis) is 1. The third kappa shape index (κ3) is 12.1. The molecule has 190 valence electrons. The SMILES string of the molecule is CC(C)C[C@@H](NC(=O)[C@H](NC(=O)OC(C)(C)C)C(C)C)C(=O)N[C@H](CC(F)F)C(=O)C(=O)O. The lowest BCUT2D eigenvalue weighted by atomic mass is 9.99. The molecule has 0 aliphatic rings. The summed E-state index contributed by atoms with van der Waals surface area (Å²) in [6.45, 7) is 11.7. The van der Waals surface area contributed by atoms with Crippen LogP contribution in [0.2, 0.25) is 0 Å². The van der Waals surface area contributed by atoms with Gasteiger partial charge in [-0.25, -0.2) is 18.4 Å². The number of amides is 3. The highest BCUT2D eigenvalue weighted by Gasteiger charge is 2.34. The Morgan fingerprint density at radius 2 is 1.36 bits per heavy atom. The fourth-order valence-electron chi connectivity index (χ4n) is 2.76. The molecule has 0 aromatic carbocycles.